The quantitative estimate of drug-likeness (QED) is 0.769. The molecule has 0 N–H and O–H groups in total. The molecule has 4 heteroatoms. The van der Waals surface area contributed by atoms with Gasteiger partial charge in [-0.2, -0.15) is 0 Å². The highest BCUT2D eigenvalue weighted by Crippen LogP contribution is 2.20. The fourth-order valence-corrected chi connectivity index (χ4v) is 2.44. The van der Waals surface area contributed by atoms with E-state index >= 15 is 0 Å². The van der Waals surface area contributed by atoms with Gasteiger partial charge in [0.05, 0.1) is 12.1 Å². The lowest BCUT2D eigenvalue weighted by atomic mass is 10.1. The monoisotopic (exact) mass is 253 g/mol. The molecule has 1 aliphatic heterocycles. The van der Waals surface area contributed by atoms with Crippen LogP contribution in [0.4, 0.5) is 8.78 Å². The van der Waals surface area contributed by atoms with E-state index in [1.165, 1.54) is 6.07 Å². The van der Waals surface area contributed by atoms with Gasteiger partial charge in [0.2, 0.25) is 0 Å². The number of benzene rings is 1. The van der Waals surface area contributed by atoms with Gasteiger partial charge < -0.3 is 0 Å². The summed E-state index contributed by atoms with van der Waals surface area (Å²) in [6.07, 6.45) is 2.14. The van der Waals surface area contributed by atoms with Gasteiger partial charge in [0, 0.05) is 6.54 Å². The van der Waals surface area contributed by atoms with Crippen LogP contribution in [0, 0.1) is 17.6 Å². The van der Waals surface area contributed by atoms with Gasteiger partial charge >= 0.3 is 0 Å². The van der Waals surface area contributed by atoms with Crippen molar-refractivity contribution in [3.8, 4) is 0 Å². The van der Waals surface area contributed by atoms with Crippen molar-refractivity contribution in [2.24, 2.45) is 5.92 Å². The van der Waals surface area contributed by atoms with E-state index in [1.807, 2.05) is 4.90 Å². The number of hydrogen-bond acceptors (Lipinski definition) is 2. The summed E-state index contributed by atoms with van der Waals surface area (Å²) < 4.78 is 26.9. The van der Waals surface area contributed by atoms with Crippen LogP contribution in [-0.4, -0.2) is 30.3 Å². The lowest BCUT2D eigenvalue weighted by Crippen LogP contribution is -2.28. The van der Waals surface area contributed by atoms with E-state index in [9.17, 15) is 13.6 Å². The SMILES string of the molecule is CCC1CCN(CC(=O)c2c(F)cccc2F)C1. The second-order valence-corrected chi connectivity index (χ2v) is 4.82. The van der Waals surface area contributed by atoms with Crippen molar-refractivity contribution in [1.82, 2.24) is 4.90 Å². The minimum atomic E-state index is -0.772. The fourth-order valence-electron chi connectivity index (χ4n) is 2.44. The second kappa shape index (κ2) is 5.57. The molecule has 0 amide bonds. The van der Waals surface area contributed by atoms with E-state index < -0.39 is 23.0 Å². The fraction of sp³-hybridized carbons (Fsp3) is 0.500. The molecule has 0 aromatic heterocycles. The van der Waals surface area contributed by atoms with Gasteiger partial charge in [0.15, 0.2) is 5.78 Å². The van der Waals surface area contributed by atoms with Gasteiger partial charge in [0.25, 0.3) is 0 Å². The van der Waals surface area contributed by atoms with Crippen LogP contribution in [0.15, 0.2) is 18.2 Å². The van der Waals surface area contributed by atoms with E-state index in [0.717, 1.165) is 38.1 Å². The van der Waals surface area contributed by atoms with Gasteiger partial charge in [-0.25, -0.2) is 8.78 Å². The molecule has 1 atom stereocenters. The zero-order chi connectivity index (χ0) is 13.1. The summed E-state index contributed by atoms with van der Waals surface area (Å²) in [7, 11) is 0. The molecule has 0 aliphatic carbocycles. The zero-order valence-corrected chi connectivity index (χ0v) is 10.5. The second-order valence-electron chi connectivity index (χ2n) is 4.82. The van der Waals surface area contributed by atoms with Crippen molar-refractivity contribution in [3.63, 3.8) is 0 Å². The number of rotatable bonds is 4. The Hall–Kier alpha value is -1.29. The maximum Gasteiger partial charge on any atom is 0.182 e. The van der Waals surface area contributed by atoms with Crippen LogP contribution in [0.5, 0.6) is 0 Å². The van der Waals surface area contributed by atoms with E-state index in [0.29, 0.717) is 5.92 Å². The molecule has 0 radical (unpaired) electrons. The van der Waals surface area contributed by atoms with Crippen LogP contribution in [-0.2, 0) is 0 Å². The molecule has 1 aromatic carbocycles. The molecule has 2 rings (SSSR count). The molecule has 98 valence electrons. The summed E-state index contributed by atoms with van der Waals surface area (Å²) in [5, 5.41) is 0. The number of nitrogens with zero attached hydrogens (tertiary/aromatic N) is 1. The number of Topliss-reactive ketones (excluding diaryl/α,β-unsaturated/α-hetero) is 1. The Morgan fingerprint density at radius 3 is 2.61 bits per heavy atom. The number of carbonyl (C=O) groups excluding carboxylic acids is 1. The molecule has 1 aromatic rings. The average molecular weight is 253 g/mol. The van der Waals surface area contributed by atoms with Crippen LogP contribution >= 0.6 is 0 Å². The molecule has 2 nitrogen and oxygen atoms in total. The predicted octanol–water partition coefficient (Wildman–Crippen LogP) is 2.88. The maximum absolute atomic E-state index is 13.4. The normalized spacial score (nSPS) is 20.3. The zero-order valence-electron chi connectivity index (χ0n) is 10.5. The summed E-state index contributed by atoms with van der Waals surface area (Å²) in [4.78, 5) is 13.9. The van der Waals surface area contributed by atoms with Crippen LogP contribution in [0.25, 0.3) is 0 Å². The number of halogens is 2. The molecule has 1 saturated heterocycles. The predicted molar refractivity (Wildman–Crippen MR) is 65.5 cm³/mol. The molecule has 1 unspecified atom stereocenters. The summed E-state index contributed by atoms with van der Waals surface area (Å²) in [6, 6.07) is 3.51. The number of hydrogen-bond donors (Lipinski definition) is 0. The first-order valence-electron chi connectivity index (χ1n) is 6.31. The smallest absolute Gasteiger partial charge is 0.182 e. The highest BCUT2D eigenvalue weighted by molar-refractivity contribution is 5.98. The third-order valence-corrected chi connectivity index (χ3v) is 3.56. The Balaban J connectivity index is 2.04. The molecular weight excluding hydrogens is 236 g/mol. The van der Waals surface area contributed by atoms with Crippen molar-refractivity contribution in [1.29, 1.82) is 0 Å². The first kappa shape index (κ1) is 13.1. The van der Waals surface area contributed by atoms with E-state index in [1.54, 1.807) is 0 Å². The highest BCUT2D eigenvalue weighted by atomic mass is 19.1. The summed E-state index contributed by atoms with van der Waals surface area (Å²) in [6.45, 7) is 3.90. The van der Waals surface area contributed by atoms with E-state index in [4.69, 9.17) is 0 Å². The van der Waals surface area contributed by atoms with Gasteiger partial charge in [0.1, 0.15) is 11.6 Å². The molecule has 1 fully saturated rings. The van der Waals surface area contributed by atoms with Crippen molar-refractivity contribution >= 4 is 5.78 Å². The molecule has 0 spiro atoms. The summed E-state index contributed by atoms with van der Waals surface area (Å²) >= 11 is 0. The Morgan fingerprint density at radius 1 is 1.39 bits per heavy atom. The van der Waals surface area contributed by atoms with Crippen LogP contribution in [0.1, 0.15) is 30.1 Å². The Kier molecular flexibility index (Phi) is 4.07. The summed E-state index contributed by atoms with van der Waals surface area (Å²) in [5.74, 6) is -1.41. The highest BCUT2D eigenvalue weighted by Gasteiger charge is 2.25. The lowest BCUT2D eigenvalue weighted by Gasteiger charge is -2.15. The minimum Gasteiger partial charge on any atom is -0.296 e. The largest absolute Gasteiger partial charge is 0.296 e. The first-order valence-corrected chi connectivity index (χ1v) is 6.31. The third kappa shape index (κ3) is 2.75. The third-order valence-electron chi connectivity index (χ3n) is 3.56. The van der Waals surface area contributed by atoms with Crippen molar-refractivity contribution < 1.29 is 13.6 Å². The molecule has 18 heavy (non-hydrogen) atoms. The molecule has 0 bridgehead atoms. The first-order chi connectivity index (χ1) is 8.61. The van der Waals surface area contributed by atoms with Crippen LogP contribution in [0.2, 0.25) is 0 Å². The summed E-state index contributed by atoms with van der Waals surface area (Å²) in [5.41, 5.74) is -0.405. The van der Waals surface area contributed by atoms with Crippen molar-refractivity contribution in [2.45, 2.75) is 19.8 Å². The lowest BCUT2D eigenvalue weighted by molar-refractivity contribution is 0.0935. The van der Waals surface area contributed by atoms with Gasteiger partial charge in [-0.05, 0) is 31.0 Å². The van der Waals surface area contributed by atoms with E-state index in [2.05, 4.69) is 6.92 Å². The maximum atomic E-state index is 13.4. The van der Waals surface area contributed by atoms with Crippen LogP contribution < -0.4 is 0 Å². The van der Waals surface area contributed by atoms with E-state index in [-0.39, 0.29) is 6.54 Å². The molecule has 1 heterocycles. The number of carbonyl (C=O) groups is 1. The van der Waals surface area contributed by atoms with Gasteiger partial charge in [-0.15, -0.1) is 0 Å². The Labute approximate surface area is 106 Å². The van der Waals surface area contributed by atoms with Crippen molar-refractivity contribution in [3.05, 3.63) is 35.4 Å². The minimum absolute atomic E-state index is 0.106. The number of likely N-dealkylation sites (tertiary alicyclic amines) is 1. The standard InChI is InChI=1S/C14H17F2NO/c1-2-10-6-7-17(8-10)9-13(18)14-11(15)4-3-5-12(14)16/h3-5,10H,2,6-9H2,1H3. The van der Waals surface area contributed by atoms with Crippen molar-refractivity contribution in [2.75, 3.05) is 19.6 Å². The Bertz CT molecular complexity index is 427. The van der Waals surface area contributed by atoms with Crippen LogP contribution in [0.3, 0.4) is 0 Å². The average Bonchev–Trinajstić information content (AvgIpc) is 2.76. The topological polar surface area (TPSA) is 20.3 Å². The molecular formula is C14H17F2NO. The molecule has 1 aliphatic rings. The number of ketones is 1. The molecule has 0 saturated carbocycles. The Morgan fingerprint density at radius 2 is 2.06 bits per heavy atom. The van der Waals surface area contributed by atoms with Gasteiger partial charge in [-0.1, -0.05) is 19.4 Å². The van der Waals surface area contributed by atoms with Gasteiger partial charge in [-0.3, -0.25) is 9.69 Å².